The van der Waals surface area contributed by atoms with Gasteiger partial charge in [-0.25, -0.2) is 4.52 Å². The van der Waals surface area contributed by atoms with E-state index in [0.717, 1.165) is 0 Å². The molecule has 0 bridgehead atoms. The maximum absolute atomic E-state index is 13.0. The molecule has 0 saturated carbocycles. The second-order valence-electron chi connectivity index (χ2n) is 9.06. The summed E-state index contributed by atoms with van der Waals surface area (Å²) in [5, 5.41) is 7.87. The number of hydrogen-bond acceptors (Lipinski definition) is 8. The van der Waals surface area contributed by atoms with E-state index in [2.05, 4.69) is 30.3 Å². The van der Waals surface area contributed by atoms with Gasteiger partial charge < -0.3 is 20.0 Å². The van der Waals surface area contributed by atoms with Gasteiger partial charge in [0.05, 0.1) is 46.6 Å². The fraction of sp³-hybridized carbons (Fsp3) is 0.292. The number of carbonyl (C=O) groups excluding carboxylic acids is 1. The molecule has 0 spiro atoms. The number of amides is 1. The van der Waals surface area contributed by atoms with Crippen LogP contribution in [0.25, 0.3) is 37.2 Å². The van der Waals surface area contributed by atoms with E-state index >= 15 is 0 Å². The number of pyridine rings is 3. The third-order valence-corrected chi connectivity index (χ3v) is 7.26. The number of H-pyrrole nitrogens is 2. The van der Waals surface area contributed by atoms with Gasteiger partial charge >= 0.3 is 0 Å². The molecule has 5 aromatic heterocycles. The Morgan fingerprint density at radius 1 is 1.22 bits per heavy atom. The van der Waals surface area contributed by atoms with Crippen molar-refractivity contribution in [2.75, 3.05) is 25.0 Å². The molecule has 1 saturated heterocycles. The minimum atomic E-state index is -0.315. The zero-order valence-electron chi connectivity index (χ0n) is 19.6. The summed E-state index contributed by atoms with van der Waals surface area (Å²) >= 11 is 1.31. The molecule has 0 unspecified atom stereocenters. The fourth-order valence-corrected chi connectivity index (χ4v) is 5.89. The molecule has 1 aliphatic heterocycles. The molecule has 1 aliphatic rings. The summed E-state index contributed by atoms with van der Waals surface area (Å²) in [4.78, 5) is 51.3. The van der Waals surface area contributed by atoms with Crippen molar-refractivity contribution in [2.24, 2.45) is 0 Å². The highest BCUT2D eigenvalue weighted by Gasteiger charge is 2.24. The summed E-state index contributed by atoms with van der Waals surface area (Å²) < 4.78 is 7.33. The molecule has 0 aromatic carbocycles. The van der Waals surface area contributed by atoms with Crippen LogP contribution in [0.1, 0.15) is 13.8 Å². The average Bonchev–Trinajstić information content (AvgIpc) is 3.37. The van der Waals surface area contributed by atoms with Crippen LogP contribution in [0.3, 0.4) is 0 Å². The Morgan fingerprint density at radius 2 is 2.03 bits per heavy atom. The molecule has 184 valence electrons. The summed E-state index contributed by atoms with van der Waals surface area (Å²) in [6.45, 7) is 5.61. The highest BCUT2D eigenvalue weighted by atomic mass is 32.1. The highest BCUT2D eigenvalue weighted by molar-refractivity contribution is 7.21. The summed E-state index contributed by atoms with van der Waals surface area (Å²) in [7, 11) is 0. The number of carbonyl (C=O) groups is 1. The van der Waals surface area contributed by atoms with Crippen molar-refractivity contribution in [2.45, 2.75) is 26.1 Å². The third-order valence-electron chi connectivity index (χ3n) is 6.13. The van der Waals surface area contributed by atoms with Crippen molar-refractivity contribution in [3.8, 4) is 10.4 Å². The molecular weight excluding hydrogens is 482 g/mol. The number of ether oxygens (including phenoxy) is 1. The molecular formula is C24H23N7O4S. The van der Waals surface area contributed by atoms with Crippen molar-refractivity contribution in [3.63, 3.8) is 0 Å². The van der Waals surface area contributed by atoms with Crippen molar-refractivity contribution in [1.82, 2.24) is 29.5 Å². The number of rotatable bonds is 4. The molecule has 0 radical (unpaired) electrons. The average molecular weight is 506 g/mol. The van der Waals surface area contributed by atoms with Gasteiger partial charge in [-0.3, -0.25) is 24.3 Å². The lowest BCUT2D eigenvalue weighted by molar-refractivity contribution is -0.121. The van der Waals surface area contributed by atoms with Gasteiger partial charge in [0.2, 0.25) is 5.91 Å². The Hall–Kier alpha value is -3.87. The lowest BCUT2D eigenvalue weighted by Gasteiger charge is -2.34. The van der Waals surface area contributed by atoms with Gasteiger partial charge in [-0.05, 0) is 32.0 Å². The van der Waals surface area contributed by atoms with Crippen LogP contribution in [0.5, 0.6) is 0 Å². The second kappa shape index (κ2) is 8.66. The highest BCUT2D eigenvalue weighted by Crippen LogP contribution is 2.32. The van der Waals surface area contributed by atoms with Crippen molar-refractivity contribution in [3.05, 3.63) is 57.5 Å². The minimum absolute atomic E-state index is 0.0744. The van der Waals surface area contributed by atoms with Crippen LogP contribution in [0.2, 0.25) is 0 Å². The van der Waals surface area contributed by atoms with Gasteiger partial charge in [-0.15, -0.1) is 11.3 Å². The van der Waals surface area contributed by atoms with E-state index in [-0.39, 0.29) is 35.8 Å². The van der Waals surface area contributed by atoms with Gasteiger partial charge in [-0.2, -0.15) is 5.10 Å². The molecule has 5 aromatic rings. The molecule has 1 fully saturated rings. The maximum atomic E-state index is 13.0. The zero-order valence-corrected chi connectivity index (χ0v) is 20.4. The van der Waals surface area contributed by atoms with E-state index in [1.807, 2.05) is 13.8 Å². The molecule has 36 heavy (non-hydrogen) atoms. The molecule has 12 heteroatoms. The number of nitrogens with zero attached hydrogens (tertiary/aromatic N) is 4. The lowest BCUT2D eigenvalue weighted by atomic mass is 10.2. The van der Waals surface area contributed by atoms with Crippen LogP contribution < -0.4 is 16.4 Å². The lowest BCUT2D eigenvalue weighted by Crippen LogP contribution is -2.48. The molecule has 3 N–H and O–H groups in total. The molecule has 6 heterocycles. The quantitative estimate of drug-likeness (QED) is 0.340. The number of morpholine rings is 1. The maximum Gasteiger partial charge on any atom is 0.261 e. The summed E-state index contributed by atoms with van der Waals surface area (Å²) in [6.07, 6.45) is 5.02. The van der Waals surface area contributed by atoms with E-state index in [1.165, 1.54) is 11.3 Å². The number of anilines is 1. The van der Waals surface area contributed by atoms with E-state index < -0.39 is 0 Å². The Bertz CT molecular complexity index is 1740. The smallest absolute Gasteiger partial charge is 0.261 e. The first-order valence-electron chi connectivity index (χ1n) is 11.6. The fourth-order valence-electron chi connectivity index (χ4n) is 4.78. The summed E-state index contributed by atoms with van der Waals surface area (Å²) in [6, 6.07) is 5.16. The number of aromatic amines is 2. The number of aromatic nitrogens is 5. The van der Waals surface area contributed by atoms with Crippen LogP contribution in [-0.4, -0.2) is 67.2 Å². The third kappa shape index (κ3) is 3.98. The topological polar surface area (TPSA) is 137 Å². The van der Waals surface area contributed by atoms with Crippen molar-refractivity contribution in [1.29, 1.82) is 0 Å². The number of hydrogen-bond donors (Lipinski definition) is 3. The standard InChI is InChI=1S/C24H23N7O4S/c1-12-8-30(9-13(2)35-12)11-18(32)27-14-6-16-20(26-7-14)21-19(23(34)28-16)24-31(29-21)10-17(36-24)15-4-3-5-25-22(15)33/h3-7,10,12-13H,8-9,11H2,1-2H3,(H,25,33)(H,27,32)(H,28,34)/t12-,13-/m0/s1. The van der Waals surface area contributed by atoms with Gasteiger partial charge in [0, 0.05) is 25.5 Å². The van der Waals surface area contributed by atoms with E-state index in [4.69, 9.17) is 4.74 Å². The van der Waals surface area contributed by atoms with Gasteiger partial charge in [0.25, 0.3) is 11.1 Å². The minimum Gasteiger partial charge on any atom is -0.373 e. The van der Waals surface area contributed by atoms with Crippen LogP contribution in [0.15, 0.2) is 46.4 Å². The second-order valence-corrected chi connectivity index (χ2v) is 10.1. The Balaban J connectivity index is 1.31. The van der Waals surface area contributed by atoms with E-state index in [0.29, 0.717) is 56.0 Å². The van der Waals surface area contributed by atoms with Gasteiger partial charge in [0.1, 0.15) is 21.3 Å². The van der Waals surface area contributed by atoms with E-state index in [1.54, 1.807) is 41.3 Å². The van der Waals surface area contributed by atoms with Gasteiger partial charge in [-0.1, -0.05) is 0 Å². The van der Waals surface area contributed by atoms with Crippen LogP contribution >= 0.6 is 11.3 Å². The number of nitrogens with one attached hydrogen (secondary N) is 3. The van der Waals surface area contributed by atoms with Crippen molar-refractivity contribution >= 4 is 49.7 Å². The first kappa shape index (κ1) is 22.6. The first-order chi connectivity index (χ1) is 17.4. The summed E-state index contributed by atoms with van der Waals surface area (Å²) in [5.41, 5.74) is 1.94. The van der Waals surface area contributed by atoms with E-state index in [9.17, 15) is 14.4 Å². The predicted octanol–water partition coefficient (Wildman–Crippen LogP) is 2.19. The first-order valence-corrected chi connectivity index (χ1v) is 12.4. The molecule has 1 amide bonds. The monoisotopic (exact) mass is 505 g/mol. The van der Waals surface area contributed by atoms with Gasteiger partial charge in [0.15, 0.2) is 0 Å². The Kier molecular flexibility index (Phi) is 5.43. The largest absolute Gasteiger partial charge is 0.373 e. The van der Waals surface area contributed by atoms with Crippen LogP contribution in [0.4, 0.5) is 5.69 Å². The number of fused-ring (bicyclic) bond motifs is 5. The van der Waals surface area contributed by atoms with Crippen molar-refractivity contribution < 1.29 is 9.53 Å². The Labute approximate surface area is 207 Å². The van der Waals surface area contributed by atoms with Crippen LogP contribution in [0, 0.1) is 0 Å². The molecule has 0 aliphatic carbocycles. The molecule has 11 nitrogen and oxygen atoms in total. The SMILES string of the molecule is C[C@H]1CN(CC(=O)Nc2cnc3c(c2)[nH]c(=O)c2c3nn3cc(-c4ccc[nH]c4=O)sc23)C[C@H](C)O1. The zero-order chi connectivity index (χ0) is 25.0. The Morgan fingerprint density at radius 3 is 2.81 bits per heavy atom. The number of thiazole rings is 1. The summed E-state index contributed by atoms with van der Waals surface area (Å²) in [5.74, 6) is -0.160. The molecule has 2 atom stereocenters. The predicted molar refractivity (Wildman–Crippen MR) is 138 cm³/mol. The molecule has 6 rings (SSSR count). The van der Waals surface area contributed by atoms with Crippen LogP contribution in [-0.2, 0) is 9.53 Å². The normalized spacial score (nSPS) is 18.8.